The number of aliphatic imine (C=N–C) groups is 1. The second-order valence-electron chi connectivity index (χ2n) is 5.84. The third-order valence-corrected chi connectivity index (χ3v) is 3.87. The molecule has 2 aliphatic rings. The molecule has 2 rings (SSSR count). The lowest BCUT2D eigenvalue weighted by Crippen LogP contribution is -2.33. The maximum absolute atomic E-state index is 11.9. The lowest BCUT2D eigenvalue weighted by molar-refractivity contribution is -0.132. The average Bonchev–Trinajstić information content (AvgIpc) is 2.74. The van der Waals surface area contributed by atoms with E-state index in [1.807, 2.05) is 33.8 Å². The molecule has 1 aliphatic carbocycles. The monoisotopic (exact) mass is 276 g/mol. The van der Waals surface area contributed by atoms with E-state index in [-0.39, 0.29) is 29.2 Å². The summed E-state index contributed by atoms with van der Waals surface area (Å²) in [5, 5.41) is 12.1. The van der Waals surface area contributed by atoms with Crippen LogP contribution in [-0.2, 0) is 9.59 Å². The molecule has 0 radical (unpaired) electrons. The van der Waals surface area contributed by atoms with E-state index in [1.165, 1.54) is 0 Å². The molecule has 0 spiro atoms. The zero-order chi connectivity index (χ0) is 15.0. The lowest BCUT2D eigenvalue weighted by Gasteiger charge is -2.22. The number of amidine groups is 1. The minimum atomic E-state index is -0.986. The van der Waals surface area contributed by atoms with Crippen molar-refractivity contribution in [2.45, 2.75) is 33.7 Å². The molecule has 1 heterocycles. The summed E-state index contributed by atoms with van der Waals surface area (Å²) >= 11 is 0. The van der Waals surface area contributed by atoms with Gasteiger partial charge in [-0.1, -0.05) is 39.8 Å². The van der Waals surface area contributed by atoms with Crippen molar-refractivity contribution >= 4 is 17.7 Å². The molecule has 1 amide bonds. The number of nitrogens with one attached hydrogen (secondary N) is 1. The van der Waals surface area contributed by atoms with Gasteiger partial charge in [-0.15, -0.1) is 0 Å². The first-order valence-corrected chi connectivity index (χ1v) is 6.87. The van der Waals surface area contributed by atoms with Crippen LogP contribution >= 0.6 is 0 Å². The minimum absolute atomic E-state index is 0.0882. The van der Waals surface area contributed by atoms with Gasteiger partial charge >= 0.3 is 5.97 Å². The summed E-state index contributed by atoms with van der Waals surface area (Å²) in [6.07, 6.45) is 3.62. The molecule has 0 fully saturated rings. The molecule has 0 saturated heterocycles. The number of hydrogen-bond donors (Lipinski definition) is 2. The van der Waals surface area contributed by atoms with Gasteiger partial charge in [0.1, 0.15) is 11.9 Å². The Morgan fingerprint density at radius 1 is 1.30 bits per heavy atom. The SMILES string of the molecule is CC(C)C1N=C(C2=CC(C)C(C)C=C2C(=O)O)NC1=O. The summed E-state index contributed by atoms with van der Waals surface area (Å²) in [5.74, 6) is -0.299. The predicted molar refractivity (Wildman–Crippen MR) is 76.3 cm³/mol. The number of hydrogen-bond acceptors (Lipinski definition) is 3. The van der Waals surface area contributed by atoms with Crippen LogP contribution in [0.15, 0.2) is 28.3 Å². The van der Waals surface area contributed by atoms with Crippen molar-refractivity contribution in [2.75, 3.05) is 0 Å². The molecule has 0 aromatic heterocycles. The van der Waals surface area contributed by atoms with Crippen LogP contribution in [0.25, 0.3) is 0 Å². The van der Waals surface area contributed by atoms with Crippen LogP contribution in [-0.4, -0.2) is 28.9 Å². The fourth-order valence-corrected chi connectivity index (χ4v) is 2.41. The van der Waals surface area contributed by atoms with Crippen LogP contribution in [0, 0.1) is 17.8 Å². The topological polar surface area (TPSA) is 78.8 Å². The van der Waals surface area contributed by atoms with Gasteiger partial charge in [-0.25, -0.2) is 4.79 Å². The Labute approximate surface area is 118 Å². The summed E-state index contributed by atoms with van der Waals surface area (Å²) in [4.78, 5) is 27.6. The van der Waals surface area contributed by atoms with E-state index < -0.39 is 12.0 Å². The lowest BCUT2D eigenvalue weighted by atomic mass is 9.84. The normalized spacial score (nSPS) is 29.8. The molecule has 3 atom stereocenters. The maximum Gasteiger partial charge on any atom is 0.336 e. The molecule has 1 aliphatic heterocycles. The number of amides is 1. The summed E-state index contributed by atoms with van der Waals surface area (Å²) in [6, 6.07) is -0.435. The largest absolute Gasteiger partial charge is 0.478 e. The Morgan fingerprint density at radius 3 is 2.40 bits per heavy atom. The van der Waals surface area contributed by atoms with Crippen molar-refractivity contribution in [1.29, 1.82) is 0 Å². The molecule has 108 valence electrons. The van der Waals surface area contributed by atoms with E-state index in [2.05, 4.69) is 10.3 Å². The fraction of sp³-hybridized carbons (Fsp3) is 0.533. The molecule has 0 aromatic rings. The zero-order valence-corrected chi connectivity index (χ0v) is 12.2. The van der Waals surface area contributed by atoms with Crippen molar-refractivity contribution < 1.29 is 14.7 Å². The fourth-order valence-electron chi connectivity index (χ4n) is 2.41. The molecule has 3 unspecified atom stereocenters. The van der Waals surface area contributed by atoms with Crippen LogP contribution in [0.5, 0.6) is 0 Å². The number of carbonyl (C=O) groups is 2. The van der Waals surface area contributed by atoms with Gasteiger partial charge < -0.3 is 10.4 Å². The second kappa shape index (κ2) is 5.23. The number of nitrogens with zero attached hydrogens (tertiary/aromatic N) is 1. The Hall–Kier alpha value is -1.91. The third kappa shape index (κ3) is 2.53. The van der Waals surface area contributed by atoms with Crippen molar-refractivity contribution in [3.63, 3.8) is 0 Å². The smallest absolute Gasteiger partial charge is 0.336 e. The van der Waals surface area contributed by atoms with Crippen molar-refractivity contribution in [3.8, 4) is 0 Å². The van der Waals surface area contributed by atoms with Crippen molar-refractivity contribution in [2.24, 2.45) is 22.7 Å². The molecular weight excluding hydrogens is 256 g/mol. The van der Waals surface area contributed by atoms with Crippen LogP contribution in [0.3, 0.4) is 0 Å². The number of carboxylic acids is 1. The molecule has 5 nitrogen and oxygen atoms in total. The van der Waals surface area contributed by atoms with Gasteiger partial charge in [-0.05, 0) is 17.8 Å². The molecular formula is C15H20N2O3. The van der Waals surface area contributed by atoms with Crippen LogP contribution in [0.1, 0.15) is 27.7 Å². The number of aliphatic carboxylic acids is 1. The maximum atomic E-state index is 11.9. The van der Waals surface area contributed by atoms with Crippen molar-refractivity contribution in [3.05, 3.63) is 23.3 Å². The molecule has 2 N–H and O–H groups in total. The van der Waals surface area contributed by atoms with Gasteiger partial charge in [0.25, 0.3) is 5.91 Å². The predicted octanol–water partition coefficient (Wildman–Crippen LogP) is 1.76. The Balaban J connectivity index is 2.38. The van der Waals surface area contributed by atoms with Gasteiger partial charge in [0.05, 0.1) is 5.57 Å². The number of carboxylic acid groups (broad SMARTS) is 1. The van der Waals surface area contributed by atoms with E-state index in [9.17, 15) is 14.7 Å². The Morgan fingerprint density at radius 2 is 1.90 bits per heavy atom. The van der Waals surface area contributed by atoms with Gasteiger partial charge in [0, 0.05) is 5.57 Å². The van der Waals surface area contributed by atoms with Crippen LogP contribution in [0.4, 0.5) is 0 Å². The quantitative estimate of drug-likeness (QED) is 0.824. The first-order valence-electron chi connectivity index (χ1n) is 6.87. The van der Waals surface area contributed by atoms with Gasteiger partial charge in [-0.2, -0.15) is 0 Å². The summed E-state index contributed by atoms with van der Waals surface area (Å²) in [6.45, 7) is 7.85. The summed E-state index contributed by atoms with van der Waals surface area (Å²) < 4.78 is 0. The first kappa shape index (κ1) is 14.5. The number of rotatable bonds is 3. The van der Waals surface area contributed by atoms with Gasteiger partial charge in [-0.3, -0.25) is 9.79 Å². The highest BCUT2D eigenvalue weighted by Gasteiger charge is 2.34. The molecule has 20 heavy (non-hydrogen) atoms. The first-order chi connectivity index (χ1) is 9.31. The number of allylic oxidation sites excluding steroid dienone is 2. The van der Waals surface area contributed by atoms with Crippen molar-refractivity contribution in [1.82, 2.24) is 5.32 Å². The van der Waals surface area contributed by atoms with E-state index in [1.54, 1.807) is 6.08 Å². The zero-order valence-electron chi connectivity index (χ0n) is 12.2. The van der Waals surface area contributed by atoms with E-state index in [0.29, 0.717) is 11.4 Å². The molecule has 0 saturated carbocycles. The summed E-state index contributed by atoms with van der Waals surface area (Å²) in [7, 11) is 0. The van der Waals surface area contributed by atoms with E-state index >= 15 is 0 Å². The highest BCUT2D eigenvalue weighted by Crippen LogP contribution is 2.29. The molecule has 0 bridgehead atoms. The van der Waals surface area contributed by atoms with Gasteiger partial charge in [0.2, 0.25) is 0 Å². The molecule has 0 aromatic carbocycles. The minimum Gasteiger partial charge on any atom is -0.478 e. The molecule has 5 heteroatoms. The second-order valence-corrected chi connectivity index (χ2v) is 5.84. The van der Waals surface area contributed by atoms with Crippen LogP contribution in [0.2, 0.25) is 0 Å². The Kier molecular flexibility index (Phi) is 3.79. The number of carbonyl (C=O) groups excluding carboxylic acids is 1. The van der Waals surface area contributed by atoms with Crippen LogP contribution < -0.4 is 5.32 Å². The Bertz CT molecular complexity index is 543. The van der Waals surface area contributed by atoms with Gasteiger partial charge in [0.15, 0.2) is 0 Å². The average molecular weight is 276 g/mol. The third-order valence-electron chi connectivity index (χ3n) is 3.87. The highest BCUT2D eigenvalue weighted by molar-refractivity contribution is 6.19. The standard InChI is InChI=1S/C15H20N2O3/c1-7(2)12-14(18)17-13(16-12)10-5-8(3)9(4)6-11(10)15(19)20/h5-9,12H,1-4H3,(H,19,20)(H,16,17,18). The van der Waals surface area contributed by atoms with E-state index in [4.69, 9.17) is 0 Å². The summed E-state index contributed by atoms with van der Waals surface area (Å²) in [5.41, 5.74) is 0.749. The van der Waals surface area contributed by atoms with E-state index in [0.717, 1.165) is 0 Å². The highest BCUT2D eigenvalue weighted by atomic mass is 16.4.